The van der Waals surface area contributed by atoms with Crippen LogP contribution in [-0.4, -0.2) is 17.7 Å². The molecular weight excluding hydrogens is 250 g/mol. The van der Waals surface area contributed by atoms with Gasteiger partial charge in [-0.3, -0.25) is 0 Å². The zero-order chi connectivity index (χ0) is 13.7. The molecule has 0 aliphatic carbocycles. The molecule has 1 N–H and O–H groups in total. The van der Waals surface area contributed by atoms with E-state index in [-0.39, 0.29) is 5.75 Å². The van der Waals surface area contributed by atoms with Crippen molar-refractivity contribution in [1.29, 1.82) is 0 Å². The Bertz CT molecular complexity index is 909. The molecule has 2 aliphatic heterocycles. The minimum absolute atomic E-state index is 0.259. The predicted molar refractivity (Wildman–Crippen MR) is 79.1 cm³/mol. The lowest BCUT2D eigenvalue weighted by Gasteiger charge is -2.05. The van der Waals surface area contributed by atoms with Crippen LogP contribution in [0, 0.1) is 6.92 Å². The molecule has 4 heteroatoms. The third-order valence-corrected chi connectivity index (χ3v) is 3.60. The van der Waals surface area contributed by atoms with E-state index >= 15 is 0 Å². The molecule has 0 aromatic heterocycles. The molecule has 0 radical (unpaired) electrons. The van der Waals surface area contributed by atoms with Gasteiger partial charge in [-0.05, 0) is 24.6 Å². The van der Waals surface area contributed by atoms with Crippen molar-refractivity contribution in [2.75, 3.05) is 0 Å². The van der Waals surface area contributed by atoms with Crippen LogP contribution in [0.15, 0.2) is 45.3 Å². The van der Waals surface area contributed by atoms with E-state index in [1.165, 1.54) is 6.34 Å². The minimum atomic E-state index is 0.259. The molecule has 2 aromatic carbocycles. The van der Waals surface area contributed by atoms with Gasteiger partial charge in [-0.15, -0.1) is 0 Å². The highest BCUT2D eigenvalue weighted by Gasteiger charge is 2.20. The summed E-state index contributed by atoms with van der Waals surface area (Å²) in [7, 11) is 0. The van der Waals surface area contributed by atoms with E-state index < -0.39 is 0 Å². The summed E-state index contributed by atoms with van der Waals surface area (Å²) in [4.78, 5) is 13.0. The van der Waals surface area contributed by atoms with Crippen molar-refractivity contribution < 1.29 is 5.11 Å². The summed E-state index contributed by atoms with van der Waals surface area (Å²) in [5.74, 6) is 0.259. The van der Waals surface area contributed by atoms with Gasteiger partial charge in [0.25, 0.3) is 0 Å². The summed E-state index contributed by atoms with van der Waals surface area (Å²) in [6.07, 6.45) is 3.24. The number of aryl methyl sites for hydroxylation is 1. The number of nitrogens with zero attached hydrogens (tertiary/aromatic N) is 3. The Morgan fingerprint density at radius 3 is 2.80 bits per heavy atom. The van der Waals surface area contributed by atoms with Gasteiger partial charge in [-0.25, -0.2) is 15.0 Å². The smallest absolute Gasteiger partial charge is 0.125 e. The van der Waals surface area contributed by atoms with Crippen molar-refractivity contribution in [2.24, 2.45) is 15.0 Å². The maximum absolute atomic E-state index is 10.3. The van der Waals surface area contributed by atoms with Crippen LogP contribution >= 0.6 is 0 Å². The lowest BCUT2D eigenvalue weighted by molar-refractivity contribution is 0.476. The molecule has 0 unspecified atom stereocenters. The van der Waals surface area contributed by atoms with E-state index in [0.29, 0.717) is 0 Å². The monoisotopic (exact) mass is 261 g/mol. The number of aromatic hydroxyl groups is 1. The lowest BCUT2D eigenvalue weighted by atomic mass is 10.0. The van der Waals surface area contributed by atoms with Crippen molar-refractivity contribution in [1.82, 2.24) is 0 Å². The van der Waals surface area contributed by atoms with Gasteiger partial charge in [0.15, 0.2) is 0 Å². The van der Waals surface area contributed by atoms with Crippen molar-refractivity contribution in [3.63, 3.8) is 0 Å². The van der Waals surface area contributed by atoms with Crippen LogP contribution in [0.3, 0.4) is 0 Å². The van der Waals surface area contributed by atoms with Crippen LogP contribution in [-0.2, 0) is 0 Å². The zero-order valence-corrected chi connectivity index (χ0v) is 10.8. The quantitative estimate of drug-likeness (QED) is 0.659. The van der Waals surface area contributed by atoms with Gasteiger partial charge in [-0.2, -0.15) is 0 Å². The molecule has 0 bridgehead atoms. The van der Waals surface area contributed by atoms with Gasteiger partial charge in [0.1, 0.15) is 12.1 Å². The second-order valence-corrected chi connectivity index (χ2v) is 4.85. The third kappa shape index (κ3) is 1.39. The Morgan fingerprint density at radius 2 is 2.00 bits per heavy atom. The normalized spacial score (nSPS) is 17.1. The van der Waals surface area contributed by atoms with Crippen LogP contribution in [0.4, 0.5) is 5.69 Å². The second-order valence-electron chi connectivity index (χ2n) is 4.85. The molecule has 0 spiro atoms. The van der Waals surface area contributed by atoms with E-state index in [2.05, 4.69) is 15.0 Å². The van der Waals surface area contributed by atoms with Crippen molar-refractivity contribution in [3.05, 3.63) is 46.5 Å². The summed E-state index contributed by atoms with van der Waals surface area (Å²) in [6.45, 7) is 1.95. The van der Waals surface area contributed by atoms with E-state index in [1.54, 1.807) is 12.3 Å². The molecule has 96 valence electrons. The number of para-hydroxylation sites is 1. The standard InChI is InChI=1S/C16H11N3O/c1-9-6-13(20)15-10-4-2-3-5-11(10)19-16(15)14(9)12-7-17-8-18-12/h2-8,20H,1H3. The first-order valence-corrected chi connectivity index (χ1v) is 6.36. The number of fused-ring (bicyclic) bond motifs is 3. The van der Waals surface area contributed by atoms with Gasteiger partial charge in [-0.1, -0.05) is 18.2 Å². The fraction of sp³-hybridized carbons (Fsp3) is 0.0625. The molecule has 0 amide bonds. The highest BCUT2D eigenvalue weighted by molar-refractivity contribution is 6.10. The van der Waals surface area contributed by atoms with E-state index in [9.17, 15) is 5.11 Å². The topological polar surface area (TPSA) is 57.3 Å². The van der Waals surface area contributed by atoms with Gasteiger partial charge in [0, 0.05) is 10.8 Å². The van der Waals surface area contributed by atoms with Gasteiger partial charge in [0.2, 0.25) is 0 Å². The Hall–Kier alpha value is -2.75. The average Bonchev–Trinajstić information content (AvgIpc) is 3.05. The summed E-state index contributed by atoms with van der Waals surface area (Å²) in [5, 5.41) is 12.0. The average molecular weight is 261 g/mol. The van der Waals surface area contributed by atoms with Gasteiger partial charge < -0.3 is 5.11 Å². The molecule has 0 fully saturated rings. The van der Waals surface area contributed by atoms with Gasteiger partial charge >= 0.3 is 0 Å². The molecule has 4 rings (SSSR count). The molecule has 20 heavy (non-hydrogen) atoms. The SMILES string of the molecule is Cc1cc(O)c2c(c1=C1C=NC=N1)=Nc1ccccc1-2. The molecule has 0 saturated heterocycles. The predicted octanol–water partition coefficient (Wildman–Crippen LogP) is 1.85. The maximum Gasteiger partial charge on any atom is 0.125 e. The fourth-order valence-electron chi connectivity index (χ4n) is 2.75. The fourth-order valence-corrected chi connectivity index (χ4v) is 2.75. The summed E-state index contributed by atoms with van der Waals surface area (Å²) in [6, 6.07) is 9.58. The van der Waals surface area contributed by atoms with Crippen LogP contribution < -0.4 is 10.6 Å². The highest BCUT2D eigenvalue weighted by atomic mass is 16.3. The summed E-state index contributed by atoms with van der Waals surface area (Å²) in [5.41, 5.74) is 4.35. The number of benzene rings is 2. The van der Waals surface area contributed by atoms with Crippen LogP contribution in [0.25, 0.3) is 16.8 Å². The Morgan fingerprint density at radius 1 is 1.15 bits per heavy atom. The maximum atomic E-state index is 10.3. The zero-order valence-electron chi connectivity index (χ0n) is 10.8. The van der Waals surface area contributed by atoms with Crippen LogP contribution in [0.2, 0.25) is 0 Å². The first-order chi connectivity index (χ1) is 9.75. The number of phenolic OH excluding ortho intramolecular Hbond substituents is 1. The molecule has 2 aliphatic rings. The van der Waals surface area contributed by atoms with E-state index in [1.807, 2.05) is 31.2 Å². The summed E-state index contributed by atoms with van der Waals surface area (Å²) >= 11 is 0. The number of rotatable bonds is 0. The number of phenols is 1. The first kappa shape index (κ1) is 11.1. The second kappa shape index (κ2) is 3.87. The Labute approximate surface area is 115 Å². The number of hydrogen-bond donors (Lipinski definition) is 1. The van der Waals surface area contributed by atoms with Crippen LogP contribution in [0.5, 0.6) is 5.75 Å². The molecular formula is C16H11N3O. The van der Waals surface area contributed by atoms with Crippen LogP contribution in [0.1, 0.15) is 5.56 Å². The van der Waals surface area contributed by atoms with E-state index in [4.69, 9.17) is 0 Å². The molecule has 0 saturated carbocycles. The molecule has 2 aromatic rings. The third-order valence-electron chi connectivity index (χ3n) is 3.60. The van der Waals surface area contributed by atoms with E-state index in [0.717, 1.165) is 38.7 Å². The lowest BCUT2D eigenvalue weighted by Crippen LogP contribution is -2.30. The largest absolute Gasteiger partial charge is 0.507 e. The summed E-state index contributed by atoms with van der Waals surface area (Å²) < 4.78 is 0. The van der Waals surface area contributed by atoms with Crippen molar-refractivity contribution >= 4 is 23.9 Å². The first-order valence-electron chi connectivity index (χ1n) is 6.36. The number of aliphatic imine (C=N–C) groups is 2. The van der Waals surface area contributed by atoms with Crippen molar-refractivity contribution in [2.45, 2.75) is 6.92 Å². The van der Waals surface area contributed by atoms with Gasteiger partial charge in [0.05, 0.1) is 28.5 Å². The minimum Gasteiger partial charge on any atom is -0.507 e. The molecule has 2 heterocycles. The number of hydrogen-bond acceptors (Lipinski definition) is 4. The highest BCUT2D eigenvalue weighted by Crippen LogP contribution is 2.36. The van der Waals surface area contributed by atoms with Crippen molar-refractivity contribution in [3.8, 4) is 16.9 Å². The molecule has 0 atom stereocenters. The molecule has 4 nitrogen and oxygen atoms in total. The Kier molecular flexibility index (Phi) is 2.15. The Balaban J connectivity index is 2.24.